The number of fused-ring (bicyclic) bond motifs is 2. The summed E-state index contributed by atoms with van der Waals surface area (Å²) >= 11 is 1.34. The fourth-order valence-electron chi connectivity index (χ4n) is 3.27. The van der Waals surface area contributed by atoms with Gasteiger partial charge in [0.1, 0.15) is 5.82 Å². The molecule has 120 valence electrons. The number of amides is 1. The molecule has 4 rings (SSSR count). The molecule has 0 radical (unpaired) electrons. The first kappa shape index (κ1) is 15.0. The van der Waals surface area contributed by atoms with Gasteiger partial charge in [-0.3, -0.25) is 9.59 Å². The molecule has 2 aromatic carbocycles. The van der Waals surface area contributed by atoms with Crippen LogP contribution in [-0.4, -0.2) is 22.1 Å². The zero-order valence-electron chi connectivity index (χ0n) is 13.0. The SMILES string of the molecule is CSc1nc2c(c(=O)[nH]1)[C@@H](c1cccc3ccccc13)CC(=O)N2. The van der Waals surface area contributed by atoms with E-state index in [9.17, 15) is 9.59 Å². The van der Waals surface area contributed by atoms with E-state index in [1.54, 1.807) is 0 Å². The van der Waals surface area contributed by atoms with E-state index >= 15 is 0 Å². The molecule has 0 saturated heterocycles. The van der Waals surface area contributed by atoms with Gasteiger partial charge in [0.2, 0.25) is 5.91 Å². The molecule has 6 heteroatoms. The Labute approximate surface area is 142 Å². The van der Waals surface area contributed by atoms with Crippen molar-refractivity contribution in [1.29, 1.82) is 0 Å². The van der Waals surface area contributed by atoms with Crippen molar-refractivity contribution in [1.82, 2.24) is 9.97 Å². The summed E-state index contributed by atoms with van der Waals surface area (Å²) < 4.78 is 0. The number of nitrogens with one attached hydrogen (secondary N) is 2. The van der Waals surface area contributed by atoms with Gasteiger partial charge in [-0.1, -0.05) is 54.2 Å². The maximum absolute atomic E-state index is 12.6. The molecule has 1 amide bonds. The first-order valence-electron chi connectivity index (χ1n) is 7.63. The van der Waals surface area contributed by atoms with Crippen LogP contribution in [-0.2, 0) is 4.79 Å². The van der Waals surface area contributed by atoms with Crippen molar-refractivity contribution >= 4 is 34.3 Å². The molecule has 0 aliphatic carbocycles. The maximum Gasteiger partial charge on any atom is 0.257 e. The number of thioether (sulfide) groups is 1. The number of hydrogen-bond acceptors (Lipinski definition) is 4. The summed E-state index contributed by atoms with van der Waals surface area (Å²) in [5.74, 6) is -0.0464. The normalized spacial score (nSPS) is 16.7. The Morgan fingerprint density at radius 2 is 1.92 bits per heavy atom. The van der Waals surface area contributed by atoms with Gasteiger partial charge in [0.15, 0.2) is 5.16 Å². The van der Waals surface area contributed by atoms with E-state index in [-0.39, 0.29) is 23.8 Å². The van der Waals surface area contributed by atoms with Crippen molar-refractivity contribution in [2.24, 2.45) is 0 Å². The summed E-state index contributed by atoms with van der Waals surface area (Å²) in [5.41, 5.74) is 1.32. The first-order chi connectivity index (χ1) is 11.7. The second kappa shape index (κ2) is 5.79. The van der Waals surface area contributed by atoms with E-state index in [4.69, 9.17) is 0 Å². The highest BCUT2D eigenvalue weighted by atomic mass is 32.2. The molecular formula is C18H15N3O2S. The second-order valence-electron chi connectivity index (χ2n) is 5.71. The average Bonchev–Trinajstić information content (AvgIpc) is 2.60. The summed E-state index contributed by atoms with van der Waals surface area (Å²) in [7, 11) is 0. The van der Waals surface area contributed by atoms with E-state index in [0.29, 0.717) is 16.5 Å². The number of carbonyl (C=O) groups excluding carboxylic acids is 1. The lowest BCUT2D eigenvalue weighted by atomic mass is 9.84. The van der Waals surface area contributed by atoms with Gasteiger partial charge in [0.05, 0.1) is 5.56 Å². The predicted octanol–water partition coefficient (Wildman–Crippen LogP) is 3.12. The minimum atomic E-state index is -0.299. The molecular weight excluding hydrogens is 322 g/mol. The van der Waals surface area contributed by atoms with Gasteiger partial charge < -0.3 is 10.3 Å². The van der Waals surface area contributed by atoms with Gasteiger partial charge in [-0.05, 0) is 22.6 Å². The third-order valence-corrected chi connectivity index (χ3v) is 4.90. The van der Waals surface area contributed by atoms with Crippen molar-refractivity contribution < 1.29 is 4.79 Å². The Hall–Kier alpha value is -2.60. The number of rotatable bonds is 2. The van der Waals surface area contributed by atoms with Crippen LogP contribution in [0.2, 0.25) is 0 Å². The van der Waals surface area contributed by atoms with Crippen LogP contribution < -0.4 is 10.9 Å². The molecule has 24 heavy (non-hydrogen) atoms. The van der Waals surface area contributed by atoms with Gasteiger partial charge in [0.25, 0.3) is 5.56 Å². The van der Waals surface area contributed by atoms with Crippen molar-refractivity contribution in [2.45, 2.75) is 17.5 Å². The quantitative estimate of drug-likeness (QED) is 0.556. The molecule has 0 fully saturated rings. The Bertz CT molecular complexity index is 1010. The van der Waals surface area contributed by atoms with E-state index in [1.165, 1.54) is 11.8 Å². The van der Waals surface area contributed by atoms with E-state index < -0.39 is 0 Å². The number of carbonyl (C=O) groups is 1. The van der Waals surface area contributed by atoms with E-state index in [2.05, 4.69) is 15.3 Å². The topological polar surface area (TPSA) is 74.8 Å². The van der Waals surface area contributed by atoms with Gasteiger partial charge in [-0.15, -0.1) is 0 Å². The summed E-state index contributed by atoms with van der Waals surface area (Å²) in [6, 6.07) is 14.0. The standard InChI is InChI=1S/C18H15N3O2S/c1-24-18-20-16-15(17(23)21-18)13(9-14(22)19-16)12-8-4-6-10-5-2-3-7-11(10)12/h2-8,13H,9H2,1H3,(H2,19,20,21,22,23)/t13-/m1/s1. The molecule has 1 aliphatic rings. The lowest BCUT2D eigenvalue weighted by Gasteiger charge is -2.25. The van der Waals surface area contributed by atoms with Gasteiger partial charge in [-0.25, -0.2) is 4.98 Å². The second-order valence-corrected chi connectivity index (χ2v) is 6.51. The molecule has 0 saturated carbocycles. The summed E-state index contributed by atoms with van der Waals surface area (Å²) in [6.07, 6.45) is 2.07. The highest BCUT2D eigenvalue weighted by Crippen LogP contribution is 2.37. The summed E-state index contributed by atoms with van der Waals surface area (Å²) in [6.45, 7) is 0. The molecule has 0 spiro atoms. The third-order valence-electron chi connectivity index (χ3n) is 4.32. The molecule has 1 aromatic heterocycles. The number of aromatic amines is 1. The zero-order chi connectivity index (χ0) is 16.7. The molecule has 2 N–H and O–H groups in total. The van der Waals surface area contributed by atoms with Crippen molar-refractivity contribution in [3.05, 3.63) is 63.9 Å². The number of aromatic nitrogens is 2. The number of nitrogens with zero attached hydrogens (tertiary/aromatic N) is 1. The molecule has 5 nitrogen and oxygen atoms in total. The third kappa shape index (κ3) is 2.39. The van der Waals surface area contributed by atoms with E-state index in [0.717, 1.165) is 16.3 Å². The van der Waals surface area contributed by atoms with Gasteiger partial charge >= 0.3 is 0 Å². The fraction of sp³-hybridized carbons (Fsp3) is 0.167. The van der Waals surface area contributed by atoms with Gasteiger partial charge in [0, 0.05) is 12.3 Å². The Morgan fingerprint density at radius 1 is 1.12 bits per heavy atom. The largest absolute Gasteiger partial charge is 0.310 e. The van der Waals surface area contributed by atoms with Crippen molar-refractivity contribution in [2.75, 3.05) is 11.6 Å². The highest BCUT2D eigenvalue weighted by Gasteiger charge is 2.31. The minimum absolute atomic E-state index is 0.120. The number of anilines is 1. The fourth-order valence-corrected chi connectivity index (χ4v) is 3.64. The van der Waals surface area contributed by atoms with Crippen LogP contribution in [0.15, 0.2) is 52.4 Å². The Balaban J connectivity index is 1.97. The van der Waals surface area contributed by atoms with Crippen LogP contribution in [0, 0.1) is 0 Å². The van der Waals surface area contributed by atoms with Gasteiger partial charge in [-0.2, -0.15) is 0 Å². The summed E-state index contributed by atoms with van der Waals surface area (Å²) in [5, 5.41) is 5.38. The summed E-state index contributed by atoms with van der Waals surface area (Å²) in [4.78, 5) is 32.0. The van der Waals surface area contributed by atoms with Crippen LogP contribution in [0.4, 0.5) is 5.82 Å². The maximum atomic E-state index is 12.6. The van der Waals surface area contributed by atoms with Crippen LogP contribution in [0.3, 0.4) is 0 Å². The first-order valence-corrected chi connectivity index (χ1v) is 8.85. The molecule has 1 aliphatic heterocycles. The number of H-pyrrole nitrogens is 1. The zero-order valence-corrected chi connectivity index (χ0v) is 13.8. The number of hydrogen-bond donors (Lipinski definition) is 2. The Morgan fingerprint density at radius 3 is 2.75 bits per heavy atom. The molecule has 3 aromatic rings. The predicted molar refractivity (Wildman–Crippen MR) is 95.7 cm³/mol. The molecule has 2 heterocycles. The van der Waals surface area contributed by atoms with Crippen LogP contribution >= 0.6 is 11.8 Å². The van der Waals surface area contributed by atoms with Crippen molar-refractivity contribution in [3.63, 3.8) is 0 Å². The lowest BCUT2D eigenvalue weighted by Crippen LogP contribution is -2.31. The molecule has 1 atom stereocenters. The highest BCUT2D eigenvalue weighted by molar-refractivity contribution is 7.98. The van der Waals surface area contributed by atoms with E-state index in [1.807, 2.05) is 48.7 Å². The smallest absolute Gasteiger partial charge is 0.257 e. The van der Waals surface area contributed by atoms with Crippen molar-refractivity contribution in [3.8, 4) is 0 Å². The van der Waals surface area contributed by atoms with Crippen LogP contribution in [0.5, 0.6) is 0 Å². The van der Waals surface area contributed by atoms with Crippen LogP contribution in [0.1, 0.15) is 23.5 Å². The average molecular weight is 337 g/mol. The monoisotopic (exact) mass is 337 g/mol. The Kier molecular flexibility index (Phi) is 3.61. The molecule has 0 bridgehead atoms. The number of benzene rings is 2. The molecule has 0 unspecified atom stereocenters. The van der Waals surface area contributed by atoms with Crippen LogP contribution in [0.25, 0.3) is 10.8 Å². The lowest BCUT2D eigenvalue weighted by molar-refractivity contribution is -0.116. The minimum Gasteiger partial charge on any atom is -0.310 e.